The molecule has 0 atom stereocenters. The van der Waals surface area contributed by atoms with Gasteiger partial charge in [0.25, 0.3) is 5.56 Å². The van der Waals surface area contributed by atoms with Gasteiger partial charge in [-0.15, -0.1) is 0 Å². The molecule has 0 radical (unpaired) electrons. The predicted molar refractivity (Wildman–Crippen MR) is 92.5 cm³/mol. The van der Waals surface area contributed by atoms with Crippen LogP contribution in [0.2, 0.25) is 0 Å². The molecule has 1 saturated heterocycles. The van der Waals surface area contributed by atoms with Gasteiger partial charge in [-0.3, -0.25) is 4.79 Å². The number of thioether (sulfide) groups is 1. The molecule has 1 fully saturated rings. The summed E-state index contributed by atoms with van der Waals surface area (Å²) in [5.41, 5.74) is 1.79. The topological polar surface area (TPSA) is 67.2 Å². The Morgan fingerprint density at radius 1 is 1.09 bits per heavy atom. The lowest BCUT2D eigenvalue weighted by Gasteiger charge is -2.36. The zero-order valence-corrected chi connectivity index (χ0v) is 14.4. The molecule has 23 heavy (non-hydrogen) atoms. The summed E-state index contributed by atoms with van der Waals surface area (Å²) in [5, 5.41) is 4.89. The van der Waals surface area contributed by atoms with Gasteiger partial charge in [-0.1, -0.05) is 11.8 Å². The van der Waals surface area contributed by atoms with E-state index in [4.69, 9.17) is 0 Å². The van der Waals surface area contributed by atoms with Crippen LogP contribution < -0.4 is 15.4 Å². The van der Waals surface area contributed by atoms with Crippen LogP contribution in [0.3, 0.4) is 0 Å². The Labute approximate surface area is 139 Å². The molecule has 0 bridgehead atoms. The second-order valence-electron chi connectivity index (χ2n) is 5.50. The molecule has 0 amide bonds. The maximum absolute atomic E-state index is 11.7. The van der Waals surface area contributed by atoms with Crippen molar-refractivity contribution in [1.82, 2.24) is 19.7 Å². The van der Waals surface area contributed by atoms with Crippen molar-refractivity contribution in [3.8, 4) is 0 Å². The molecule has 3 rings (SSSR count). The van der Waals surface area contributed by atoms with Gasteiger partial charge in [0.1, 0.15) is 5.82 Å². The maximum Gasteiger partial charge on any atom is 0.268 e. The van der Waals surface area contributed by atoms with Crippen LogP contribution in [-0.4, -0.2) is 52.2 Å². The minimum atomic E-state index is -0.0824. The van der Waals surface area contributed by atoms with Crippen LogP contribution in [0.5, 0.6) is 0 Å². The highest BCUT2D eigenvalue weighted by Gasteiger charge is 2.19. The smallest absolute Gasteiger partial charge is 0.268 e. The first-order valence-corrected chi connectivity index (χ1v) is 8.72. The fourth-order valence-corrected chi connectivity index (χ4v) is 3.03. The average Bonchev–Trinajstić information content (AvgIpc) is 2.57. The third-order valence-electron chi connectivity index (χ3n) is 3.93. The Hall–Kier alpha value is -2.09. The standard InChI is InChI=1S/C15H20N6OS/c1-11-8-13(18-15(17-11)23-3)21-6-4-20(5-7-21)12-9-14(22)19(2)16-10-12/h8-10H,4-7H2,1-3H3. The molecule has 2 aromatic heterocycles. The van der Waals surface area contributed by atoms with Crippen molar-refractivity contribution in [2.45, 2.75) is 12.1 Å². The van der Waals surface area contributed by atoms with Gasteiger partial charge < -0.3 is 9.80 Å². The van der Waals surface area contributed by atoms with Gasteiger partial charge >= 0.3 is 0 Å². The minimum Gasteiger partial charge on any atom is -0.367 e. The number of piperazine rings is 1. The Morgan fingerprint density at radius 3 is 2.43 bits per heavy atom. The van der Waals surface area contributed by atoms with E-state index in [-0.39, 0.29) is 5.56 Å². The van der Waals surface area contributed by atoms with E-state index in [0.29, 0.717) is 0 Å². The number of hydrogen-bond donors (Lipinski definition) is 0. The summed E-state index contributed by atoms with van der Waals surface area (Å²) < 4.78 is 1.34. The van der Waals surface area contributed by atoms with Crippen LogP contribution in [0.15, 0.2) is 28.3 Å². The summed E-state index contributed by atoms with van der Waals surface area (Å²) >= 11 is 1.56. The normalized spacial score (nSPS) is 15.1. The summed E-state index contributed by atoms with van der Waals surface area (Å²) in [7, 11) is 1.66. The van der Waals surface area contributed by atoms with Gasteiger partial charge in [0, 0.05) is 51.1 Å². The van der Waals surface area contributed by atoms with Gasteiger partial charge in [-0.25, -0.2) is 14.6 Å². The molecule has 1 aliphatic heterocycles. The lowest BCUT2D eigenvalue weighted by molar-refractivity contribution is 0.634. The largest absolute Gasteiger partial charge is 0.367 e. The van der Waals surface area contributed by atoms with Crippen molar-refractivity contribution in [3.63, 3.8) is 0 Å². The third-order valence-corrected chi connectivity index (χ3v) is 4.47. The molecule has 0 unspecified atom stereocenters. The summed E-state index contributed by atoms with van der Waals surface area (Å²) in [6.45, 7) is 5.39. The minimum absolute atomic E-state index is 0.0824. The number of aromatic nitrogens is 4. The number of hydrogen-bond acceptors (Lipinski definition) is 7. The average molecular weight is 332 g/mol. The molecule has 0 N–H and O–H groups in total. The zero-order chi connectivity index (χ0) is 16.4. The molecule has 1 aliphatic rings. The van der Waals surface area contributed by atoms with Crippen molar-refractivity contribution < 1.29 is 0 Å². The van der Waals surface area contributed by atoms with Gasteiger partial charge in [-0.05, 0) is 13.2 Å². The third kappa shape index (κ3) is 3.47. The zero-order valence-electron chi connectivity index (χ0n) is 13.6. The summed E-state index contributed by atoms with van der Waals surface area (Å²) in [5.74, 6) is 0.976. The lowest BCUT2D eigenvalue weighted by atomic mass is 10.2. The van der Waals surface area contributed by atoms with Gasteiger partial charge in [-0.2, -0.15) is 5.10 Å². The van der Waals surface area contributed by atoms with Crippen molar-refractivity contribution >= 4 is 23.3 Å². The molecule has 2 aromatic rings. The van der Waals surface area contributed by atoms with Crippen LogP contribution in [-0.2, 0) is 7.05 Å². The first-order valence-electron chi connectivity index (χ1n) is 7.50. The molecule has 0 aromatic carbocycles. The van der Waals surface area contributed by atoms with Gasteiger partial charge in [0.15, 0.2) is 5.16 Å². The molecule has 3 heterocycles. The van der Waals surface area contributed by atoms with Crippen molar-refractivity contribution in [3.05, 3.63) is 34.4 Å². The molecule has 8 heteroatoms. The monoisotopic (exact) mass is 332 g/mol. The number of aryl methyl sites for hydroxylation is 2. The molecule has 0 saturated carbocycles. The fraction of sp³-hybridized carbons (Fsp3) is 0.467. The summed E-state index contributed by atoms with van der Waals surface area (Å²) in [6, 6.07) is 3.67. The van der Waals surface area contributed by atoms with E-state index < -0.39 is 0 Å². The van der Waals surface area contributed by atoms with E-state index in [1.807, 2.05) is 19.2 Å². The van der Waals surface area contributed by atoms with E-state index in [1.165, 1.54) is 4.68 Å². The number of anilines is 2. The lowest BCUT2D eigenvalue weighted by Crippen LogP contribution is -2.47. The van der Waals surface area contributed by atoms with E-state index in [2.05, 4.69) is 24.9 Å². The SMILES string of the molecule is CSc1nc(C)cc(N2CCN(c3cnn(C)c(=O)c3)CC2)n1. The summed E-state index contributed by atoms with van der Waals surface area (Å²) in [4.78, 5) is 25.2. The summed E-state index contributed by atoms with van der Waals surface area (Å²) in [6.07, 6.45) is 3.73. The molecular formula is C15H20N6OS. The van der Waals surface area contributed by atoms with E-state index in [0.717, 1.165) is 48.5 Å². The van der Waals surface area contributed by atoms with Crippen LogP contribution >= 0.6 is 11.8 Å². The molecule has 0 aliphatic carbocycles. The van der Waals surface area contributed by atoms with Crippen LogP contribution in [0.25, 0.3) is 0 Å². The highest BCUT2D eigenvalue weighted by atomic mass is 32.2. The quantitative estimate of drug-likeness (QED) is 0.612. The number of nitrogens with zero attached hydrogens (tertiary/aromatic N) is 6. The van der Waals surface area contributed by atoms with Crippen LogP contribution in [0.4, 0.5) is 11.5 Å². The fourth-order valence-electron chi connectivity index (χ4n) is 2.61. The van der Waals surface area contributed by atoms with E-state index >= 15 is 0 Å². The van der Waals surface area contributed by atoms with Crippen molar-refractivity contribution in [2.75, 3.05) is 42.2 Å². The van der Waals surface area contributed by atoms with Crippen molar-refractivity contribution in [1.29, 1.82) is 0 Å². The molecule has 7 nitrogen and oxygen atoms in total. The van der Waals surface area contributed by atoms with E-state index in [1.54, 1.807) is 31.1 Å². The first kappa shape index (κ1) is 15.8. The highest BCUT2D eigenvalue weighted by molar-refractivity contribution is 7.98. The van der Waals surface area contributed by atoms with Crippen LogP contribution in [0.1, 0.15) is 5.69 Å². The van der Waals surface area contributed by atoms with Crippen LogP contribution in [0, 0.1) is 6.92 Å². The molecule has 122 valence electrons. The van der Waals surface area contributed by atoms with Gasteiger partial charge in [0.2, 0.25) is 0 Å². The van der Waals surface area contributed by atoms with E-state index in [9.17, 15) is 4.79 Å². The first-order chi connectivity index (χ1) is 11.1. The maximum atomic E-state index is 11.7. The Kier molecular flexibility index (Phi) is 4.51. The molecular weight excluding hydrogens is 312 g/mol. The molecule has 0 spiro atoms. The van der Waals surface area contributed by atoms with Crippen molar-refractivity contribution in [2.24, 2.45) is 7.05 Å². The Bertz CT molecular complexity index is 754. The second-order valence-corrected chi connectivity index (χ2v) is 6.28. The predicted octanol–water partition coefficient (Wildman–Crippen LogP) is 0.927. The Morgan fingerprint density at radius 2 is 1.78 bits per heavy atom. The highest BCUT2D eigenvalue weighted by Crippen LogP contribution is 2.20. The number of rotatable bonds is 3. The van der Waals surface area contributed by atoms with Gasteiger partial charge in [0.05, 0.1) is 11.9 Å². The Balaban J connectivity index is 1.72. The second kappa shape index (κ2) is 6.57.